The maximum Gasteiger partial charge on any atom is 0.309 e. The van der Waals surface area contributed by atoms with E-state index in [1.807, 2.05) is 0 Å². The highest BCUT2D eigenvalue weighted by Crippen LogP contribution is 2.39. The van der Waals surface area contributed by atoms with Gasteiger partial charge in [0.15, 0.2) is 6.29 Å². The Morgan fingerprint density at radius 1 is 1.36 bits per heavy atom. The Morgan fingerprint density at radius 2 is 2.00 bits per heavy atom. The number of carboxylic acid groups (broad SMARTS) is 1. The van der Waals surface area contributed by atoms with Gasteiger partial charge in [0.25, 0.3) is 0 Å². The fourth-order valence-corrected chi connectivity index (χ4v) is 2.85. The molecule has 22 heavy (non-hydrogen) atoms. The molecule has 1 fully saturated rings. The van der Waals surface area contributed by atoms with Crippen LogP contribution >= 0.6 is 0 Å². The van der Waals surface area contributed by atoms with Crippen LogP contribution in [0.1, 0.15) is 43.0 Å². The Bertz CT molecular complexity index is 544. The van der Waals surface area contributed by atoms with Gasteiger partial charge in [0.05, 0.1) is 24.7 Å². The fraction of sp³-hybridized carbons (Fsp3) is 0.529. The highest BCUT2D eigenvalue weighted by molar-refractivity contribution is 5.83. The Balaban J connectivity index is 1.95. The Hall–Kier alpha value is -2.04. The van der Waals surface area contributed by atoms with Crippen LogP contribution in [0, 0.1) is 11.3 Å². The minimum Gasteiger partial charge on any atom is -0.496 e. The summed E-state index contributed by atoms with van der Waals surface area (Å²) in [6, 6.07) is 5.25. The van der Waals surface area contributed by atoms with Crippen molar-refractivity contribution in [3.63, 3.8) is 0 Å². The Morgan fingerprint density at radius 3 is 2.55 bits per heavy atom. The molecule has 0 atom stereocenters. The second-order valence-corrected chi connectivity index (χ2v) is 6.11. The van der Waals surface area contributed by atoms with Crippen molar-refractivity contribution in [3.8, 4) is 11.5 Å². The van der Waals surface area contributed by atoms with Crippen LogP contribution in [0.2, 0.25) is 0 Å². The van der Waals surface area contributed by atoms with E-state index in [2.05, 4.69) is 0 Å². The summed E-state index contributed by atoms with van der Waals surface area (Å²) in [5.41, 5.74) is -0.198. The zero-order valence-corrected chi connectivity index (χ0v) is 13.0. The first-order valence-electron chi connectivity index (χ1n) is 7.48. The summed E-state index contributed by atoms with van der Waals surface area (Å²) in [5.74, 6) is 0.608. The molecule has 0 aromatic heterocycles. The average molecular weight is 306 g/mol. The number of methoxy groups -OCH3 is 1. The maximum absolute atomic E-state index is 11.2. The van der Waals surface area contributed by atoms with E-state index in [-0.39, 0.29) is 0 Å². The number of hydrogen-bond donors (Lipinski definition) is 1. The van der Waals surface area contributed by atoms with E-state index in [0.29, 0.717) is 42.4 Å². The molecule has 1 N–H and O–H groups in total. The minimum absolute atomic E-state index is 0.318. The first-order valence-corrected chi connectivity index (χ1v) is 7.48. The summed E-state index contributed by atoms with van der Waals surface area (Å²) < 4.78 is 10.9. The predicted molar refractivity (Wildman–Crippen MR) is 81.6 cm³/mol. The molecule has 2 rings (SSSR count). The van der Waals surface area contributed by atoms with Gasteiger partial charge in [-0.1, -0.05) is 6.07 Å². The molecule has 1 aliphatic carbocycles. The average Bonchev–Trinajstić information content (AvgIpc) is 2.53. The number of aldehydes is 1. The normalized spacial score (nSPS) is 24.5. The number of aliphatic carboxylic acids is 1. The first-order chi connectivity index (χ1) is 10.5. The molecule has 0 amide bonds. The van der Waals surface area contributed by atoms with Crippen molar-refractivity contribution in [3.05, 3.63) is 23.8 Å². The van der Waals surface area contributed by atoms with Crippen LogP contribution in [0.5, 0.6) is 11.5 Å². The zero-order valence-electron chi connectivity index (χ0n) is 13.0. The van der Waals surface area contributed by atoms with E-state index in [9.17, 15) is 14.7 Å². The third kappa shape index (κ3) is 3.40. The van der Waals surface area contributed by atoms with Gasteiger partial charge in [0.1, 0.15) is 11.5 Å². The van der Waals surface area contributed by atoms with Crippen molar-refractivity contribution in [2.24, 2.45) is 11.3 Å². The molecule has 1 aromatic carbocycles. The van der Waals surface area contributed by atoms with Gasteiger partial charge in [0.2, 0.25) is 0 Å². The molecule has 1 saturated carbocycles. The number of hydrogen-bond acceptors (Lipinski definition) is 4. The molecule has 0 aliphatic heterocycles. The third-order valence-corrected chi connectivity index (χ3v) is 4.56. The lowest BCUT2D eigenvalue weighted by atomic mass is 9.72. The molecule has 0 spiro atoms. The van der Waals surface area contributed by atoms with Crippen LogP contribution in [0.3, 0.4) is 0 Å². The van der Waals surface area contributed by atoms with Crippen molar-refractivity contribution in [1.82, 2.24) is 0 Å². The molecular formula is C17H22O5. The van der Waals surface area contributed by atoms with Crippen molar-refractivity contribution < 1.29 is 24.2 Å². The number of carboxylic acids is 1. The Labute approximate surface area is 130 Å². The van der Waals surface area contributed by atoms with Gasteiger partial charge in [-0.05, 0) is 50.7 Å². The lowest BCUT2D eigenvalue weighted by molar-refractivity contribution is -0.150. The Kier molecular flexibility index (Phi) is 5.06. The van der Waals surface area contributed by atoms with Crippen molar-refractivity contribution in [1.29, 1.82) is 0 Å². The van der Waals surface area contributed by atoms with E-state index in [4.69, 9.17) is 9.47 Å². The van der Waals surface area contributed by atoms with Crippen LogP contribution in [0.15, 0.2) is 18.2 Å². The van der Waals surface area contributed by atoms with Crippen LogP contribution in [0.4, 0.5) is 0 Å². The van der Waals surface area contributed by atoms with Gasteiger partial charge in [0, 0.05) is 0 Å². The SMILES string of the molecule is COc1cccc(OC[C@H]2CC[C@](C)(C(=O)O)CC2)c1C=O. The highest BCUT2D eigenvalue weighted by Gasteiger charge is 2.37. The first kappa shape index (κ1) is 16.3. The third-order valence-electron chi connectivity index (χ3n) is 4.56. The summed E-state index contributed by atoms with van der Waals surface area (Å²) in [4.78, 5) is 22.4. The molecule has 0 heterocycles. The summed E-state index contributed by atoms with van der Waals surface area (Å²) >= 11 is 0. The molecule has 1 aromatic rings. The lowest BCUT2D eigenvalue weighted by Gasteiger charge is -2.33. The quantitative estimate of drug-likeness (QED) is 0.817. The molecule has 5 heteroatoms. The van der Waals surface area contributed by atoms with Gasteiger partial charge >= 0.3 is 5.97 Å². The highest BCUT2D eigenvalue weighted by atomic mass is 16.5. The van der Waals surface area contributed by atoms with E-state index < -0.39 is 11.4 Å². The number of carbonyl (C=O) groups is 2. The monoisotopic (exact) mass is 306 g/mol. The largest absolute Gasteiger partial charge is 0.496 e. The molecule has 0 bridgehead atoms. The summed E-state index contributed by atoms with van der Waals surface area (Å²) in [6.07, 6.45) is 3.70. The van der Waals surface area contributed by atoms with Crippen LogP contribution < -0.4 is 9.47 Å². The van der Waals surface area contributed by atoms with Crippen molar-refractivity contribution in [2.75, 3.05) is 13.7 Å². The van der Waals surface area contributed by atoms with Gasteiger partial charge in [-0.25, -0.2) is 0 Å². The summed E-state index contributed by atoms with van der Waals surface area (Å²) in [6.45, 7) is 2.29. The van der Waals surface area contributed by atoms with Crippen LogP contribution in [-0.2, 0) is 4.79 Å². The zero-order chi connectivity index (χ0) is 16.2. The van der Waals surface area contributed by atoms with Gasteiger partial charge in [-0.15, -0.1) is 0 Å². The second kappa shape index (κ2) is 6.81. The van der Waals surface area contributed by atoms with Crippen LogP contribution in [-0.4, -0.2) is 31.1 Å². The van der Waals surface area contributed by atoms with E-state index in [0.717, 1.165) is 19.1 Å². The summed E-state index contributed by atoms with van der Waals surface area (Å²) in [5, 5.41) is 9.23. The smallest absolute Gasteiger partial charge is 0.309 e. The second-order valence-electron chi connectivity index (χ2n) is 6.11. The minimum atomic E-state index is -0.720. The van der Waals surface area contributed by atoms with Gasteiger partial charge < -0.3 is 14.6 Å². The molecular weight excluding hydrogens is 284 g/mol. The van der Waals surface area contributed by atoms with Gasteiger partial charge in [-0.3, -0.25) is 9.59 Å². The van der Waals surface area contributed by atoms with Gasteiger partial charge in [-0.2, -0.15) is 0 Å². The number of benzene rings is 1. The van der Waals surface area contributed by atoms with Crippen molar-refractivity contribution >= 4 is 12.3 Å². The van der Waals surface area contributed by atoms with Crippen LogP contribution in [0.25, 0.3) is 0 Å². The van der Waals surface area contributed by atoms with Crippen molar-refractivity contribution in [2.45, 2.75) is 32.6 Å². The molecule has 0 saturated heterocycles. The predicted octanol–water partition coefficient (Wildman–Crippen LogP) is 3.17. The number of rotatable bonds is 6. The van der Waals surface area contributed by atoms with E-state index >= 15 is 0 Å². The standard InChI is InChI=1S/C17H22O5/c1-17(16(19)20)8-6-12(7-9-17)11-22-15-5-3-4-14(21-2)13(15)10-18/h3-5,10,12H,6-9,11H2,1-2H3,(H,19,20)/t12-,17-. The fourth-order valence-electron chi connectivity index (χ4n) is 2.85. The molecule has 120 valence electrons. The topological polar surface area (TPSA) is 72.8 Å². The summed E-state index contributed by atoms with van der Waals surface area (Å²) in [7, 11) is 1.51. The molecule has 0 unspecified atom stereocenters. The molecule has 0 radical (unpaired) electrons. The van der Waals surface area contributed by atoms with E-state index in [1.54, 1.807) is 25.1 Å². The maximum atomic E-state index is 11.2. The molecule has 5 nitrogen and oxygen atoms in total. The number of ether oxygens (including phenoxy) is 2. The number of carbonyl (C=O) groups excluding carboxylic acids is 1. The lowest BCUT2D eigenvalue weighted by Crippen LogP contribution is -2.33. The van der Waals surface area contributed by atoms with E-state index in [1.165, 1.54) is 7.11 Å². The molecule has 1 aliphatic rings.